The van der Waals surface area contributed by atoms with Gasteiger partial charge in [0.1, 0.15) is 42.5 Å². The number of anilines is 2. The number of rotatable bonds is 16. The summed E-state index contributed by atoms with van der Waals surface area (Å²) in [5, 5.41) is 11.4. The first-order valence-electron chi connectivity index (χ1n) is 24.2. The third-order valence-corrected chi connectivity index (χ3v) is 11.5. The van der Waals surface area contributed by atoms with E-state index in [1.54, 1.807) is 53.7 Å². The highest BCUT2D eigenvalue weighted by Crippen LogP contribution is 2.40. The molecular formula is C53H56F12N4O10. The minimum atomic E-state index is -5.03. The van der Waals surface area contributed by atoms with E-state index in [4.69, 9.17) is 24.1 Å². The van der Waals surface area contributed by atoms with Gasteiger partial charge in [0.15, 0.2) is 0 Å². The first kappa shape index (κ1) is 62.6. The lowest BCUT2D eigenvalue weighted by Gasteiger charge is -2.29. The first-order chi connectivity index (χ1) is 36.4. The molecule has 0 unspecified atom stereocenters. The largest absolute Gasteiger partial charge is 0.489 e. The number of carboxylic acid groups (broad SMARTS) is 1. The number of hydrogen-bond acceptors (Lipinski definition) is 10. The Morgan fingerprint density at radius 2 is 1.01 bits per heavy atom. The number of nitrogens with zero attached hydrogens (tertiary/aromatic N) is 3. The predicted molar refractivity (Wildman–Crippen MR) is 260 cm³/mol. The molecule has 3 amide bonds. The standard InChI is InChI=1S/C31H36F6N2O6.C22H20F6N2O4/c1-28(2,3)44-26(41)12-13-38(27(42)45-29(4,5)6)17-25(40)39-14-11-19-15-22(9-10-24(19)39)43-18-20-7-8-21(30(32,33)34)16-23(20)31(35,36)37;23-21(24,25)15-2-1-14(17(10-15)22(26,27)28)12-34-16-3-4-18-13(9-16)6-8-30(18)19(31)11-29-7-5-20(32)33/h7-10,15-16H,11-14,17-18H2,1-6H3;1-4,9-10,29H,5-8,11-12H2,(H,32,33). The summed E-state index contributed by atoms with van der Waals surface area (Å²) < 4.78 is 179. The molecule has 4 aromatic carbocycles. The van der Waals surface area contributed by atoms with Gasteiger partial charge in [0.2, 0.25) is 11.8 Å². The van der Waals surface area contributed by atoms with Crippen molar-refractivity contribution in [3.8, 4) is 11.5 Å². The number of carboxylic acids is 1. The Morgan fingerprint density at radius 3 is 1.42 bits per heavy atom. The zero-order chi connectivity index (χ0) is 59.1. The Morgan fingerprint density at radius 1 is 0.570 bits per heavy atom. The van der Waals surface area contributed by atoms with Crippen LogP contribution < -0.4 is 24.6 Å². The summed E-state index contributed by atoms with van der Waals surface area (Å²) in [6.07, 6.45) is -20.1. The van der Waals surface area contributed by atoms with Crippen LogP contribution in [-0.4, -0.2) is 90.3 Å². The van der Waals surface area contributed by atoms with E-state index < -0.39 is 113 Å². The molecule has 0 aliphatic carbocycles. The summed E-state index contributed by atoms with van der Waals surface area (Å²) in [6, 6.07) is 11.8. The molecule has 14 nitrogen and oxygen atoms in total. The van der Waals surface area contributed by atoms with Gasteiger partial charge < -0.3 is 39.2 Å². The maximum atomic E-state index is 13.5. The number of alkyl halides is 12. The van der Waals surface area contributed by atoms with Crippen molar-refractivity contribution in [3.63, 3.8) is 0 Å². The number of halogens is 12. The quantitative estimate of drug-likeness (QED) is 0.0623. The zero-order valence-corrected chi connectivity index (χ0v) is 43.4. The van der Waals surface area contributed by atoms with Crippen molar-refractivity contribution >= 4 is 41.2 Å². The Kier molecular flexibility index (Phi) is 19.7. The Labute approximate surface area is 445 Å². The minimum absolute atomic E-state index is 0.0545. The molecule has 0 aromatic heterocycles. The Bertz CT molecular complexity index is 2860. The highest BCUT2D eigenvalue weighted by Gasteiger charge is 2.40. The van der Waals surface area contributed by atoms with Crippen LogP contribution in [-0.2, 0) is 79.4 Å². The van der Waals surface area contributed by atoms with Gasteiger partial charge in [0.25, 0.3) is 0 Å². The van der Waals surface area contributed by atoms with Crippen molar-refractivity contribution in [1.82, 2.24) is 10.2 Å². The molecule has 79 heavy (non-hydrogen) atoms. The number of aliphatic carboxylic acids is 1. The van der Waals surface area contributed by atoms with Gasteiger partial charge in [-0.1, -0.05) is 12.1 Å². The van der Waals surface area contributed by atoms with E-state index in [0.717, 1.165) is 22.6 Å². The van der Waals surface area contributed by atoms with E-state index in [1.165, 1.54) is 34.1 Å². The third kappa shape index (κ3) is 18.4. The van der Waals surface area contributed by atoms with E-state index in [9.17, 15) is 76.7 Å². The van der Waals surface area contributed by atoms with E-state index in [-0.39, 0.29) is 68.6 Å². The molecule has 0 spiro atoms. The topological polar surface area (TPSA) is 164 Å². The lowest BCUT2D eigenvalue weighted by atomic mass is 10.0. The van der Waals surface area contributed by atoms with Gasteiger partial charge in [-0.3, -0.25) is 24.1 Å². The maximum absolute atomic E-state index is 13.5. The minimum Gasteiger partial charge on any atom is -0.489 e. The predicted octanol–water partition coefficient (Wildman–Crippen LogP) is 11.4. The number of carbonyl (C=O) groups excluding carboxylic acids is 4. The monoisotopic (exact) mass is 1140 g/mol. The van der Waals surface area contributed by atoms with Crippen molar-refractivity contribution in [2.45, 2.75) is 116 Å². The Balaban J connectivity index is 0.000000302. The molecule has 432 valence electrons. The highest BCUT2D eigenvalue weighted by atomic mass is 19.4. The second-order valence-electron chi connectivity index (χ2n) is 20.0. The van der Waals surface area contributed by atoms with Crippen LogP contribution in [0.4, 0.5) is 68.9 Å². The molecule has 0 bridgehead atoms. The van der Waals surface area contributed by atoms with E-state index in [2.05, 4.69) is 5.32 Å². The molecular weight excluding hydrogens is 1080 g/mol. The average Bonchev–Trinajstić information content (AvgIpc) is 3.95. The number of benzene rings is 4. The van der Waals surface area contributed by atoms with Gasteiger partial charge in [-0.15, -0.1) is 0 Å². The molecule has 4 aromatic rings. The number of fused-ring (bicyclic) bond motifs is 2. The summed E-state index contributed by atoms with van der Waals surface area (Å²) in [5.74, 6) is -1.90. The number of nitrogens with one attached hydrogen (secondary N) is 1. The molecule has 2 heterocycles. The van der Waals surface area contributed by atoms with Gasteiger partial charge in [0.05, 0.1) is 41.6 Å². The fourth-order valence-corrected chi connectivity index (χ4v) is 7.98. The number of amides is 3. The summed E-state index contributed by atoms with van der Waals surface area (Å²) in [7, 11) is 0. The molecule has 0 saturated carbocycles. The SMILES string of the molecule is CC(C)(C)OC(=O)CCN(CC(=O)N1CCc2cc(OCc3ccc(C(F)(F)F)cc3C(F)(F)F)ccc21)C(=O)OC(C)(C)C.O=C(O)CCNCC(=O)N1CCc2cc(OCc3ccc(C(F)(F)F)cc3C(F)(F)F)ccc21. The number of ether oxygens (including phenoxy) is 4. The molecule has 2 N–H and O–H groups in total. The van der Waals surface area contributed by atoms with Crippen LogP contribution >= 0.6 is 0 Å². The fraction of sp³-hybridized carbons (Fsp3) is 0.453. The smallest absolute Gasteiger partial charge is 0.416 e. The molecule has 0 fully saturated rings. The van der Waals surface area contributed by atoms with Gasteiger partial charge in [-0.05, 0) is 126 Å². The van der Waals surface area contributed by atoms with Crippen molar-refractivity contribution in [1.29, 1.82) is 0 Å². The van der Waals surface area contributed by atoms with Crippen LogP contribution in [0.25, 0.3) is 0 Å². The molecule has 26 heteroatoms. The van der Waals surface area contributed by atoms with Gasteiger partial charge in [-0.2, -0.15) is 52.7 Å². The number of esters is 1. The van der Waals surface area contributed by atoms with Crippen molar-refractivity contribution in [2.75, 3.05) is 49.1 Å². The summed E-state index contributed by atoms with van der Waals surface area (Å²) in [6.45, 7) is 9.02. The summed E-state index contributed by atoms with van der Waals surface area (Å²) in [5.41, 5.74) is -5.73. The molecule has 2 aliphatic heterocycles. The van der Waals surface area contributed by atoms with E-state index in [1.807, 2.05) is 0 Å². The zero-order valence-electron chi connectivity index (χ0n) is 43.4. The lowest BCUT2D eigenvalue weighted by Crippen LogP contribution is -2.45. The van der Waals surface area contributed by atoms with Crippen LogP contribution in [0.5, 0.6) is 11.5 Å². The van der Waals surface area contributed by atoms with Crippen LogP contribution in [0.2, 0.25) is 0 Å². The van der Waals surface area contributed by atoms with Crippen LogP contribution in [0.15, 0.2) is 72.8 Å². The van der Waals surface area contributed by atoms with Crippen LogP contribution in [0.3, 0.4) is 0 Å². The van der Waals surface area contributed by atoms with E-state index in [0.29, 0.717) is 48.5 Å². The van der Waals surface area contributed by atoms with Crippen molar-refractivity contribution < 1.29 is 101 Å². The fourth-order valence-electron chi connectivity index (χ4n) is 7.98. The third-order valence-electron chi connectivity index (χ3n) is 11.5. The first-order valence-corrected chi connectivity index (χ1v) is 24.2. The van der Waals surface area contributed by atoms with Gasteiger partial charge >= 0.3 is 42.7 Å². The van der Waals surface area contributed by atoms with E-state index >= 15 is 0 Å². The molecule has 0 saturated heterocycles. The molecule has 0 radical (unpaired) electrons. The molecule has 0 atom stereocenters. The molecule has 2 aliphatic rings. The lowest BCUT2D eigenvalue weighted by molar-refractivity contribution is -0.155. The number of carbonyl (C=O) groups is 5. The number of hydrogen-bond donors (Lipinski definition) is 2. The van der Waals surface area contributed by atoms with Crippen LogP contribution in [0.1, 0.15) is 98.9 Å². The summed E-state index contributed by atoms with van der Waals surface area (Å²) >= 11 is 0. The normalized spacial score (nSPS) is 13.7. The maximum Gasteiger partial charge on any atom is 0.416 e. The van der Waals surface area contributed by atoms with Crippen molar-refractivity contribution in [2.24, 2.45) is 0 Å². The van der Waals surface area contributed by atoms with Crippen molar-refractivity contribution in [3.05, 3.63) is 117 Å². The second-order valence-corrected chi connectivity index (χ2v) is 20.0. The van der Waals surface area contributed by atoms with Gasteiger partial charge in [-0.25, -0.2) is 4.79 Å². The average molecular weight is 1140 g/mol. The van der Waals surface area contributed by atoms with Gasteiger partial charge in [0, 0.05) is 48.7 Å². The second kappa shape index (κ2) is 24.8. The summed E-state index contributed by atoms with van der Waals surface area (Å²) in [4.78, 5) is 65.4. The molecule has 6 rings (SSSR count). The highest BCUT2D eigenvalue weighted by molar-refractivity contribution is 5.98. The van der Waals surface area contributed by atoms with Crippen LogP contribution in [0, 0.1) is 0 Å². The Hall–Kier alpha value is -7.25.